The van der Waals surface area contributed by atoms with E-state index in [0.717, 1.165) is 56.3 Å². The molecule has 0 amide bonds. The molecule has 0 N–H and O–H groups in total. The lowest BCUT2D eigenvalue weighted by Crippen LogP contribution is -2.23. The Hall–Kier alpha value is -7.50. The summed E-state index contributed by atoms with van der Waals surface area (Å²) < 4.78 is 11.9. The maximum atomic E-state index is 7.00. The summed E-state index contributed by atoms with van der Waals surface area (Å²) in [6.45, 7) is 42.5. The first-order valence-electron chi connectivity index (χ1n) is 31.2. The quantitative estimate of drug-likeness (QED) is 0.115. The molecule has 84 heavy (non-hydrogen) atoms. The molecule has 10 aromatic rings. The van der Waals surface area contributed by atoms with Gasteiger partial charge in [-0.1, -0.05) is 216 Å². The molecule has 8 aromatic carbocycles. The van der Waals surface area contributed by atoms with Gasteiger partial charge in [-0.15, -0.1) is 0 Å². The zero-order valence-electron chi connectivity index (χ0n) is 53.6. The largest absolute Gasteiger partial charge is 0.457 e. The number of rotatable bonds is 12. The average Bonchev–Trinajstić information content (AvgIpc) is 2.18. The first-order chi connectivity index (χ1) is 39.7. The fourth-order valence-corrected chi connectivity index (χ4v) is 13.4. The number of nitrogens with zero attached hydrogens (tertiary/aromatic N) is 4. The Morgan fingerprint density at radius 1 is 0.417 bits per heavy atom. The molecule has 0 unspecified atom stereocenters. The lowest BCUT2D eigenvalue weighted by Gasteiger charge is -2.33. The molecule has 1 aliphatic carbocycles. The van der Waals surface area contributed by atoms with Crippen LogP contribution in [0.3, 0.4) is 0 Å². The summed E-state index contributed by atoms with van der Waals surface area (Å²) in [5, 5.41) is 0. The van der Waals surface area contributed by atoms with Gasteiger partial charge in [0.15, 0.2) is 0 Å². The van der Waals surface area contributed by atoms with Gasteiger partial charge < -0.3 is 4.74 Å². The fraction of sp³-hybridized carbons (Fsp3) is 0.367. The molecule has 0 bridgehead atoms. The molecule has 0 saturated carbocycles. The molecular formula is C79H90N4O. The van der Waals surface area contributed by atoms with Crippen molar-refractivity contribution in [1.29, 1.82) is 0 Å². The SMILES string of the molecule is CC(C)c1cc(-c2cc(C(C)(C)C)cc(C(C)(C)C)c2)cc(C(C)C)c1-n1c(-c2cccc(Oc3cccc(-c4nc5ccccc5n4-c4c(C(C)C)cc(-c5cccc6c5C(C)(C)CCCC6(C)C)cc4C(C)C)c3)c2)nc2ccccc21. The van der Waals surface area contributed by atoms with Crippen LogP contribution in [0.5, 0.6) is 11.5 Å². The van der Waals surface area contributed by atoms with Gasteiger partial charge >= 0.3 is 0 Å². The Kier molecular flexibility index (Phi) is 15.2. The van der Waals surface area contributed by atoms with Gasteiger partial charge in [0.1, 0.15) is 23.1 Å². The summed E-state index contributed by atoms with van der Waals surface area (Å²) in [6.07, 6.45) is 3.60. The first-order valence-corrected chi connectivity index (χ1v) is 31.2. The number of benzene rings is 8. The van der Waals surface area contributed by atoms with Crippen molar-refractivity contribution >= 4 is 22.1 Å². The Labute approximate surface area is 502 Å². The minimum atomic E-state index is 0.00398. The van der Waals surface area contributed by atoms with Crippen molar-refractivity contribution in [2.24, 2.45) is 0 Å². The average molecular weight is 1110 g/mol. The minimum absolute atomic E-state index is 0.00398. The molecule has 0 radical (unpaired) electrons. The predicted molar refractivity (Wildman–Crippen MR) is 358 cm³/mol. The number of ether oxygens (including phenoxy) is 1. The van der Waals surface area contributed by atoms with Crippen LogP contribution in [-0.4, -0.2) is 19.1 Å². The second kappa shape index (κ2) is 21.8. The highest BCUT2D eigenvalue weighted by Crippen LogP contribution is 2.50. The molecular weight excluding hydrogens is 1020 g/mol. The van der Waals surface area contributed by atoms with E-state index in [1.54, 1.807) is 0 Å². The zero-order chi connectivity index (χ0) is 59.9. The van der Waals surface area contributed by atoms with Crippen LogP contribution in [0.25, 0.3) is 78.5 Å². The molecule has 5 heteroatoms. The van der Waals surface area contributed by atoms with Crippen LogP contribution < -0.4 is 4.74 Å². The van der Waals surface area contributed by atoms with E-state index in [9.17, 15) is 0 Å². The monoisotopic (exact) mass is 1110 g/mol. The van der Waals surface area contributed by atoms with Crippen LogP contribution in [0.4, 0.5) is 0 Å². The molecule has 432 valence electrons. The van der Waals surface area contributed by atoms with Gasteiger partial charge in [-0.05, 0) is 198 Å². The highest BCUT2D eigenvalue weighted by atomic mass is 16.5. The molecule has 0 atom stereocenters. The normalized spacial score (nSPS) is 14.5. The molecule has 2 heterocycles. The van der Waals surface area contributed by atoms with Gasteiger partial charge in [-0.3, -0.25) is 9.13 Å². The van der Waals surface area contributed by atoms with E-state index in [2.05, 4.69) is 291 Å². The third kappa shape index (κ3) is 10.9. The second-order valence-electron chi connectivity index (χ2n) is 29.0. The van der Waals surface area contributed by atoms with Gasteiger partial charge in [-0.2, -0.15) is 0 Å². The number of aromatic nitrogens is 4. The summed E-state index contributed by atoms with van der Waals surface area (Å²) in [4.78, 5) is 11.0. The molecule has 1 aliphatic rings. The van der Waals surface area contributed by atoms with Crippen LogP contribution in [0.2, 0.25) is 0 Å². The predicted octanol–water partition coefficient (Wildman–Crippen LogP) is 22.7. The zero-order valence-corrected chi connectivity index (χ0v) is 53.6. The molecule has 2 aromatic heterocycles. The highest BCUT2D eigenvalue weighted by Gasteiger charge is 2.37. The van der Waals surface area contributed by atoms with E-state index in [-0.39, 0.29) is 45.3 Å². The van der Waals surface area contributed by atoms with E-state index in [1.165, 1.54) is 97.4 Å². The lowest BCUT2D eigenvalue weighted by molar-refractivity contribution is 0.434. The van der Waals surface area contributed by atoms with E-state index in [0.29, 0.717) is 0 Å². The summed E-state index contributed by atoms with van der Waals surface area (Å²) in [7, 11) is 0. The van der Waals surface area contributed by atoms with Gasteiger partial charge in [0.2, 0.25) is 0 Å². The fourth-order valence-electron chi connectivity index (χ4n) is 13.4. The van der Waals surface area contributed by atoms with Crippen LogP contribution in [0.15, 0.2) is 158 Å². The van der Waals surface area contributed by atoms with Crippen LogP contribution in [-0.2, 0) is 21.7 Å². The van der Waals surface area contributed by atoms with E-state index in [4.69, 9.17) is 14.7 Å². The third-order valence-corrected chi connectivity index (χ3v) is 18.2. The summed E-state index contributed by atoms with van der Waals surface area (Å²) >= 11 is 0. The van der Waals surface area contributed by atoms with Crippen LogP contribution in [0, 0.1) is 0 Å². The van der Waals surface area contributed by atoms with Crippen molar-refractivity contribution in [3.05, 3.63) is 202 Å². The Morgan fingerprint density at radius 2 is 0.821 bits per heavy atom. The minimum Gasteiger partial charge on any atom is -0.457 e. The molecule has 0 fully saturated rings. The van der Waals surface area contributed by atoms with Crippen molar-refractivity contribution in [1.82, 2.24) is 19.1 Å². The summed E-state index contributed by atoms with van der Waals surface area (Å²) in [6, 6.07) is 58.5. The maximum Gasteiger partial charge on any atom is 0.145 e. The van der Waals surface area contributed by atoms with E-state index >= 15 is 0 Å². The molecule has 0 spiro atoms. The van der Waals surface area contributed by atoms with Crippen molar-refractivity contribution in [2.75, 3.05) is 0 Å². The summed E-state index contributed by atoms with van der Waals surface area (Å²) in [5.74, 6) is 4.17. The van der Waals surface area contributed by atoms with Crippen LogP contribution in [0.1, 0.15) is 212 Å². The highest BCUT2D eigenvalue weighted by molar-refractivity contribution is 5.87. The van der Waals surface area contributed by atoms with Gasteiger partial charge in [0, 0.05) is 11.1 Å². The Balaban J connectivity index is 1.02. The van der Waals surface area contributed by atoms with E-state index in [1.807, 2.05) is 0 Å². The maximum absolute atomic E-state index is 7.00. The number of imidazole rings is 2. The number of para-hydroxylation sites is 4. The van der Waals surface area contributed by atoms with Crippen LogP contribution >= 0.6 is 0 Å². The summed E-state index contributed by atoms with van der Waals surface area (Å²) in [5.41, 5.74) is 24.8. The topological polar surface area (TPSA) is 44.9 Å². The van der Waals surface area contributed by atoms with Crippen molar-refractivity contribution < 1.29 is 4.74 Å². The molecule has 5 nitrogen and oxygen atoms in total. The van der Waals surface area contributed by atoms with Crippen molar-refractivity contribution in [3.63, 3.8) is 0 Å². The Bertz CT molecular complexity index is 4030. The smallest absolute Gasteiger partial charge is 0.145 e. The number of hydrogen-bond donors (Lipinski definition) is 0. The van der Waals surface area contributed by atoms with Gasteiger partial charge in [-0.25, -0.2) is 9.97 Å². The number of hydrogen-bond acceptors (Lipinski definition) is 3. The second-order valence-corrected chi connectivity index (χ2v) is 29.0. The molecule has 0 aliphatic heterocycles. The van der Waals surface area contributed by atoms with E-state index < -0.39 is 0 Å². The van der Waals surface area contributed by atoms with Gasteiger partial charge in [0.05, 0.1) is 33.4 Å². The molecule has 11 rings (SSSR count). The Morgan fingerprint density at radius 3 is 1.26 bits per heavy atom. The van der Waals surface area contributed by atoms with Crippen molar-refractivity contribution in [3.8, 4) is 67.9 Å². The standard InChI is InChI=1S/C79H90N4O/c1-48(2)62-43-55(54-39-57(76(9,10)11)47-58(40-54)77(12,13)14)44-63(49(3)4)72(62)82-69-35-21-19-33-67(69)80-74(82)52-27-23-29-59(41-52)84-60-30-24-28-53(42-60)75-81-68-34-20-22-36-70(68)83(75)73-64(50(5)6)45-56(46-65(73)51(7)8)61-31-25-32-66-71(61)79(17,18)38-26-37-78(66,15)16/h19-25,27-36,39-51H,26,37-38H2,1-18H3. The molecule has 0 saturated heterocycles. The first kappa shape index (κ1) is 58.3. The lowest BCUT2D eigenvalue weighted by atomic mass is 9.72. The van der Waals surface area contributed by atoms with Gasteiger partial charge in [0.25, 0.3) is 0 Å². The van der Waals surface area contributed by atoms with Crippen molar-refractivity contribution in [2.45, 2.75) is 189 Å². The third-order valence-electron chi connectivity index (χ3n) is 18.2. The number of fused-ring (bicyclic) bond motifs is 3.